The molecule has 0 bridgehead atoms. The van der Waals surface area contributed by atoms with E-state index in [4.69, 9.17) is 5.73 Å². The number of fused-ring (bicyclic) bond motifs is 1. The molecule has 112 valence electrons. The lowest BCUT2D eigenvalue weighted by atomic mass is 10.1. The number of aliphatic imine (C=N–C) groups is 1. The van der Waals surface area contributed by atoms with Crippen LogP contribution in [0.4, 0.5) is 0 Å². The number of guanidine groups is 1. The first-order valence-electron chi connectivity index (χ1n) is 7.78. The molecule has 5 nitrogen and oxygen atoms in total. The molecule has 0 aliphatic heterocycles. The Morgan fingerprint density at radius 1 is 1.29 bits per heavy atom. The molecule has 5 heteroatoms. The Morgan fingerprint density at radius 3 is 2.90 bits per heavy atom. The summed E-state index contributed by atoms with van der Waals surface area (Å²) in [6.07, 6.45) is 13.4. The van der Waals surface area contributed by atoms with Crippen molar-refractivity contribution in [2.24, 2.45) is 10.7 Å². The van der Waals surface area contributed by atoms with Gasteiger partial charge in [0, 0.05) is 12.2 Å². The van der Waals surface area contributed by atoms with Crippen LogP contribution in [-0.4, -0.2) is 21.4 Å². The Morgan fingerprint density at radius 2 is 2.10 bits per heavy atom. The van der Waals surface area contributed by atoms with Crippen molar-refractivity contribution in [2.45, 2.75) is 51.1 Å². The third-order valence-electron chi connectivity index (χ3n) is 4.11. The van der Waals surface area contributed by atoms with Gasteiger partial charge in [0.05, 0.1) is 24.6 Å². The summed E-state index contributed by atoms with van der Waals surface area (Å²) < 4.78 is 2.00. The zero-order valence-electron chi connectivity index (χ0n) is 12.3. The average Bonchev–Trinajstić information content (AvgIpc) is 2.81. The second-order valence-electron chi connectivity index (χ2n) is 5.80. The Bertz CT molecular complexity index is 608. The van der Waals surface area contributed by atoms with Gasteiger partial charge in [-0.3, -0.25) is 0 Å². The van der Waals surface area contributed by atoms with Gasteiger partial charge >= 0.3 is 0 Å². The molecule has 0 amide bonds. The van der Waals surface area contributed by atoms with E-state index in [9.17, 15) is 0 Å². The van der Waals surface area contributed by atoms with Crippen LogP contribution in [0.15, 0.2) is 35.8 Å². The maximum absolute atomic E-state index is 6.02. The zero-order valence-corrected chi connectivity index (χ0v) is 12.3. The number of nitrogens with one attached hydrogen (secondary N) is 1. The minimum atomic E-state index is 0.493. The number of hydrogen-bond acceptors (Lipinski definition) is 2. The van der Waals surface area contributed by atoms with Crippen molar-refractivity contribution >= 4 is 11.5 Å². The van der Waals surface area contributed by atoms with E-state index >= 15 is 0 Å². The van der Waals surface area contributed by atoms with Crippen LogP contribution in [0.3, 0.4) is 0 Å². The van der Waals surface area contributed by atoms with Gasteiger partial charge in [0.1, 0.15) is 0 Å². The van der Waals surface area contributed by atoms with Gasteiger partial charge in [0.2, 0.25) is 0 Å². The van der Waals surface area contributed by atoms with E-state index in [1.807, 2.05) is 22.9 Å². The number of rotatable bonds is 3. The highest BCUT2D eigenvalue weighted by Crippen LogP contribution is 2.17. The second kappa shape index (κ2) is 6.61. The van der Waals surface area contributed by atoms with Crippen molar-refractivity contribution in [3.8, 4) is 0 Å². The van der Waals surface area contributed by atoms with E-state index in [1.165, 1.54) is 38.5 Å². The van der Waals surface area contributed by atoms with Crippen LogP contribution < -0.4 is 11.1 Å². The summed E-state index contributed by atoms with van der Waals surface area (Å²) in [4.78, 5) is 8.57. The minimum absolute atomic E-state index is 0.493. The molecule has 0 atom stereocenters. The zero-order chi connectivity index (χ0) is 14.5. The fraction of sp³-hybridized carbons (Fsp3) is 0.500. The fourth-order valence-electron chi connectivity index (χ4n) is 2.91. The van der Waals surface area contributed by atoms with Crippen molar-refractivity contribution in [1.82, 2.24) is 14.7 Å². The van der Waals surface area contributed by atoms with Gasteiger partial charge in [0.25, 0.3) is 0 Å². The molecule has 1 aliphatic rings. The van der Waals surface area contributed by atoms with Crippen LogP contribution in [0, 0.1) is 0 Å². The third-order valence-corrected chi connectivity index (χ3v) is 4.11. The summed E-state index contributed by atoms with van der Waals surface area (Å²) in [5, 5.41) is 3.37. The summed E-state index contributed by atoms with van der Waals surface area (Å²) in [5.74, 6) is 0.563. The minimum Gasteiger partial charge on any atom is -0.370 e. The van der Waals surface area contributed by atoms with E-state index in [0.29, 0.717) is 18.5 Å². The first kappa shape index (κ1) is 13.9. The van der Waals surface area contributed by atoms with Crippen LogP contribution in [0.25, 0.3) is 5.52 Å². The molecule has 2 aromatic rings. The molecule has 2 aromatic heterocycles. The van der Waals surface area contributed by atoms with Gasteiger partial charge in [-0.05, 0) is 24.5 Å². The lowest BCUT2D eigenvalue weighted by Crippen LogP contribution is -2.39. The Kier molecular flexibility index (Phi) is 4.38. The van der Waals surface area contributed by atoms with Gasteiger partial charge in [0.15, 0.2) is 5.96 Å². The molecule has 1 aliphatic carbocycles. The molecular formula is C16H23N5. The molecule has 2 heterocycles. The smallest absolute Gasteiger partial charge is 0.189 e. The summed E-state index contributed by atoms with van der Waals surface area (Å²) >= 11 is 0. The lowest BCUT2D eigenvalue weighted by molar-refractivity contribution is 0.530. The van der Waals surface area contributed by atoms with Gasteiger partial charge in [-0.1, -0.05) is 31.7 Å². The number of nitrogens with zero attached hydrogens (tertiary/aromatic N) is 3. The van der Waals surface area contributed by atoms with E-state index in [2.05, 4.69) is 21.4 Å². The van der Waals surface area contributed by atoms with Gasteiger partial charge in [-0.2, -0.15) is 0 Å². The van der Waals surface area contributed by atoms with Crippen LogP contribution in [0.5, 0.6) is 0 Å². The molecule has 1 fully saturated rings. The largest absolute Gasteiger partial charge is 0.370 e. The Labute approximate surface area is 125 Å². The maximum atomic E-state index is 6.02. The van der Waals surface area contributed by atoms with Crippen molar-refractivity contribution in [3.63, 3.8) is 0 Å². The maximum Gasteiger partial charge on any atom is 0.189 e. The highest BCUT2D eigenvalue weighted by atomic mass is 15.1. The number of hydrogen-bond donors (Lipinski definition) is 2. The summed E-state index contributed by atoms with van der Waals surface area (Å²) in [7, 11) is 0. The summed E-state index contributed by atoms with van der Waals surface area (Å²) in [5.41, 5.74) is 8.24. The lowest BCUT2D eigenvalue weighted by Gasteiger charge is -2.16. The predicted molar refractivity (Wildman–Crippen MR) is 85.1 cm³/mol. The predicted octanol–water partition coefficient (Wildman–Crippen LogP) is 2.46. The van der Waals surface area contributed by atoms with E-state index < -0.39 is 0 Å². The first-order valence-corrected chi connectivity index (χ1v) is 7.78. The molecule has 0 radical (unpaired) electrons. The molecular weight excluding hydrogens is 262 g/mol. The van der Waals surface area contributed by atoms with Gasteiger partial charge in [-0.15, -0.1) is 0 Å². The van der Waals surface area contributed by atoms with Crippen molar-refractivity contribution in [1.29, 1.82) is 0 Å². The topological polar surface area (TPSA) is 67.7 Å². The number of nitrogens with two attached hydrogens (primary N) is 1. The molecule has 3 N–H and O–H groups in total. The first-order chi connectivity index (χ1) is 10.3. The molecule has 0 aromatic carbocycles. The standard InChI is InChI=1S/C16H23N5/c17-16(20-14-5-3-1-2-4-6-14)19-9-13-7-8-15-10-18-12-21(15)11-13/h7-8,10-12,14H,1-6,9H2,(H3,17,19,20). The van der Waals surface area contributed by atoms with Crippen LogP contribution >= 0.6 is 0 Å². The van der Waals surface area contributed by atoms with Crippen molar-refractivity contribution in [3.05, 3.63) is 36.4 Å². The Hall–Kier alpha value is -2.04. The van der Waals surface area contributed by atoms with Crippen LogP contribution in [0.1, 0.15) is 44.1 Å². The van der Waals surface area contributed by atoms with Crippen LogP contribution in [-0.2, 0) is 6.54 Å². The quantitative estimate of drug-likeness (QED) is 0.517. The highest BCUT2D eigenvalue weighted by molar-refractivity contribution is 5.78. The van der Waals surface area contributed by atoms with Gasteiger partial charge < -0.3 is 15.5 Å². The fourth-order valence-corrected chi connectivity index (χ4v) is 2.91. The number of aromatic nitrogens is 2. The van der Waals surface area contributed by atoms with E-state index in [1.54, 1.807) is 6.33 Å². The highest BCUT2D eigenvalue weighted by Gasteiger charge is 2.12. The normalized spacial score (nSPS) is 17.8. The van der Waals surface area contributed by atoms with Crippen molar-refractivity contribution in [2.75, 3.05) is 0 Å². The molecule has 0 spiro atoms. The van der Waals surface area contributed by atoms with Crippen LogP contribution in [0.2, 0.25) is 0 Å². The van der Waals surface area contributed by atoms with Crippen molar-refractivity contribution < 1.29 is 0 Å². The molecule has 21 heavy (non-hydrogen) atoms. The molecule has 0 unspecified atom stereocenters. The SMILES string of the molecule is NC(=NCc1ccc2cncn2c1)NC1CCCCCC1. The van der Waals surface area contributed by atoms with Gasteiger partial charge in [-0.25, -0.2) is 9.98 Å². The summed E-state index contributed by atoms with van der Waals surface area (Å²) in [6.45, 7) is 0.597. The number of imidazole rings is 1. The van der Waals surface area contributed by atoms with E-state index in [0.717, 1.165) is 11.1 Å². The second-order valence-corrected chi connectivity index (χ2v) is 5.80. The third kappa shape index (κ3) is 3.74. The Balaban J connectivity index is 1.58. The molecule has 0 saturated heterocycles. The summed E-state index contributed by atoms with van der Waals surface area (Å²) in [6, 6.07) is 4.61. The van der Waals surface area contributed by atoms with E-state index in [-0.39, 0.29) is 0 Å². The monoisotopic (exact) mass is 285 g/mol. The molecule has 1 saturated carbocycles. The molecule has 3 rings (SSSR count). The average molecular weight is 285 g/mol. The number of pyridine rings is 1.